The highest BCUT2D eigenvalue weighted by Gasteiger charge is 2.12. The molecule has 0 aliphatic rings. The average molecular weight is 328 g/mol. The van der Waals surface area contributed by atoms with Gasteiger partial charge >= 0.3 is 0 Å². The van der Waals surface area contributed by atoms with Crippen LogP contribution in [0.15, 0.2) is 33.9 Å². The molecule has 18 heavy (non-hydrogen) atoms. The number of primary amides is 1. The lowest BCUT2D eigenvalue weighted by Crippen LogP contribution is -2.16. The zero-order valence-electron chi connectivity index (χ0n) is 9.21. The Labute approximate surface area is 116 Å². The number of nitrogen functional groups attached to an aromatic ring is 1. The number of nitrogens with zero attached hydrogens (tertiary/aromatic N) is 3. The second kappa shape index (κ2) is 5.40. The van der Waals surface area contributed by atoms with Crippen molar-refractivity contribution in [2.45, 2.75) is 5.16 Å². The molecule has 0 fully saturated rings. The third kappa shape index (κ3) is 2.82. The van der Waals surface area contributed by atoms with Crippen molar-refractivity contribution in [3.63, 3.8) is 0 Å². The Morgan fingerprint density at radius 1 is 1.44 bits per heavy atom. The number of carbonyl (C=O) groups excluding carboxylic acids is 1. The molecule has 1 amide bonds. The van der Waals surface area contributed by atoms with Crippen molar-refractivity contribution < 1.29 is 4.79 Å². The van der Waals surface area contributed by atoms with Gasteiger partial charge < -0.3 is 11.6 Å². The zero-order chi connectivity index (χ0) is 13.1. The number of rotatable bonds is 4. The van der Waals surface area contributed by atoms with E-state index in [9.17, 15) is 4.79 Å². The molecule has 8 heteroatoms. The van der Waals surface area contributed by atoms with Crippen LogP contribution in [0.1, 0.15) is 0 Å². The van der Waals surface area contributed by atoms with Crippen molar-refractivity contribution in [2.75, 3.05) is 11.6 Å². The molecule has 0 radical (unpaired) electrons. The Morgan fingerprint density at radius 2 is 2.22 bits per heavy atom. The quantitative estimate of drug-likeness (QED) is 0.644. The van der Waals surface area contributed by atoms with Crippen molar-refractivity contribution in [1.29, 1.82) is 0 Å². The molecule has 0 saturated heterocycles. The van der Waals surface area contributed by atoms with Crippen LogP contribution in [0.5, 0.6) is 0 Å². The number of hydrogen-bond donors (Lipinski definition) is 2. The number of carbonyl (C=O) groups is 1. The summed E-state index contributed by atoms with van der Waals surface area (Å²) in [5.74, 6) is 6.10. The second-order valence-corrected chi connectivity index (χ2v) is 5.30. The number of halogens is 1. The monoisotopic (exact) mass is 327 g/mol. The lowest BCUT2D eigenvalue weighted by atomic mass is 10.2. The molecule has 0 unspecified atom stereocenters. The number of benzene rings is 1. The van der Waals surface area contributed by atoms with Crippen LogP contribution < -0.4 is 11.6 Å². The van der Waals surface area contributed by atoms with Gasteiger partial charge in [-0.1, -0.05) is 39.8 Å². The first-order valence-corrected chi connectivity index (χ1v) is 6.73. The van der Waals surface area contributed by atoms with Crippen molar-refractivity contribution >= 4 is 33.6 Å². The molecule has 6 nitrogen and oxygen atoms in total. The molecule has 0 spiro atoms. The Bertz CT molecular complexity index is 585. The molecule has 0 aliphatic carbocycles. The normalized spacial score (nSPS) is 10.5. The minimum atomic E-state index is -0.424. The third-order valence-electron chi connectivity index (χ3n) is 2.09. The van der Waals surface area contributed by atoms with Gasteiger partial charge in [0, 0.05) is 10.0 Å². The lowest BCUT2D eigenvalue weighted by Gasteiger charge is -2.03. The van der Waals surface area contributed by atoms with Crippen LogP contribution in [0.4, 0.5) is 0 Å². The number of aromatic nitrogens is 3. The van der Waals surface area contributed by atoms with E-state index in [0.29, 0.717) is 11.0 Å². The Morgan fingerprint density at radius 3 is 2.89 bits per heavy atom. The van der Waals surface area contributed by atoms with E-state index in [1.807, 2.05) is 24.3 Å². The number of amides is 1. The van der Waals surface area contributed by atoms with Gasteiger partial charge in [0.1, 0.15) is 0 Å². The predicted molar refractivity (Wildman–Crippen MR) is 73.2 cm³/mol. The molecule has 4 N–H and O–H groups in total. The maximum absolute atomic E-state index is 10.7. The number of thioether (sulfide) groups is 1. The summed E-state index contributed by atoms with van der Waals surface area (Å²) in [4.78, 5) is 10.7. The minimum Gasteiger partial charge on any atom is -0.369 e. The molecule has 2 aromatic rings. The summed E-state index contributed by atoms with van der Waals surface area (Å²) in [6.45, 7) is 0. The Balaban J connectivity index is 2.28. The molecule has 94 valence electrons. The van der Waals surface area contributed by atoms with E-state index >= 15 is 0 Å². The van der Waals surface area contributed by atoms with Crippen LogP contribution in [0.25, 0.3) is 11.4 Å². The number of nitrogens with two attached hydrogens (primary N) is 2. The smallest absolute Gasteiger partial charge is 0.227 e. The van der Waals surface area contributed by atoms with Crippen LogP contribution in [0.3, 0.4) is 0 Å². The Hall–Kier alpha value is -1.54. The first-order valence-electron chi connectivity index (χ1n) is 4.95. The van der Waals surface area contributed by atoms with Gasteiger partial charge in [0.25, 0.3) is 0 Å². The summed E-state index contributed by atoms with van der Waals surface area (Å²) >= 11 is 4.53. The van der Waals surface area contributed by atoms with Crippen LogP contribution in [0.2, 0.25) is 0 Å². The highest BCUT2D eigenvalue weighted by atomic mass is 79.9. The molecular weight excluding hydrogens is 318 g/mol. The topological polar surface area (TPSA) is 99.8 Å². The van der Waals surface area contributed by atoms with Gasteiger partial charge in [-0.25, -0.2) is 4.68 Å². The molecule has 0 aliphatic heterocycles. The highest BCUT2D eigenvalue weighted by molar-refractivity contribution is 9.10. The fourth-order valence-electron chi connectivity index (χ4n) is 1.34. The van der Waals surface area contributed by atoms with E-state index in [1.54, 1.807) is 0 Å². The summed E-state index contributed by atoms with van der Waals surface area (Å²) in [7, 11) is 0. The van der Waals surface area contributed by atoms with Crippen LogP contribution in [0, 0.1) is 0 Å². The molecular formula is C10H10BrN5OS. The minimum absolute atomic E-state index is 0.119. The average Bonchev–Trinajstić information content (AvgIpc) is 2.68. The van der Waals surface area contributed by atoms with Gasteiger partial charge in [-0.15, -0.1) is 10.2 Å². The van der Waals surface area contributed by atoms with Gasteiger partial charge in [0.2, 0.25) is 11.1 Å². The molecule has 2 rings (SSSR count). The summed E-state index contributed by atoms with van der Waals surface area (Å²) in [6.07, 6.45) is 0. The maximum Gasteiger partial charge on any atom is 0.227 e. The van der Waals surface area contributed by atoms with Gasteiger partial charge in [0.05, 0.1) is 5.75 Å². The predicted octanol–water partition coefficient (Wildman–Crippen LogP) is 0.999. The standard InChI is InChI=1S/C10H10BrN5OS/c11-7-3-1-2-6(4-7)9-14-15-10(16(9)13)18-5-8(12)17/h1-4H,5,13H2,(H2,12,17). The lowest BCUT2D eigenvalue weighted by molar-refractivity contribution is -0.115. The van der Waals surface area contributed by atoms with E-state index in [-0.39, 0.29) is 5.75 Å². The SMILES string of the molecule is NC(=O)CSc1nnc(-c2cccc(Br)c2)n1N. The fourth-order valence-corrected chi connectivity index (χ4v) is 2.33. The van der Waals surface area contributed by atoms with Crippen molar-refractivity contribution in [3.05, 3.63) is 28.7 Å². The van der Waals surface area contributed by atoms with Crippen LogP contribution >= 0.6 is 27.7 Å². The van der Waals surface area contributed by atoms with Gasteiger partial charge in [-0.2, -0.15) is 0 Å². The van der Waals surface area contributed by atoms with Gasteiger partial charge in [-0.05, 0) is 12.1 Å². The van der Waals surface area contributed by atoms with Crippen LogP contribution in [-0.4, -0.2) is 26.5 Å². The molecule has 0 saturated carbocycles. The van der Waals surface area contributed by atoms with E-state index in [0.717, 1.165) is 21.8 Å². The summed E-state index contributed by atoms with van der Waals surface area (Å²) in [6, 6.07) is 7.55. The largest absolute Gasteiger partial charge is 0.369 e. The molecule has 0 atom stereocenters. The molecule has 0 bridgehead atoms. The fraction of sp³-hybridized carbons (Fsp3) is 0.100. The van der Waals surface area contributed by atoms with E-state index in [4.69, 9.17) is 11.6 Å². The summed E-state index contributed by atoms with van der Waals surface area (Å²) < 4.78 is 2.27. The summed E-state index contributed by atoms with van der Waals surface area (Å²) in [5.41, 5.74) is 5.90. The van der Waals surface area contributed by atoms with E-state index < -0.39 is 5.91 Å². The van der Waals surface area contributed by atoms with E-state index in [2.05, 4.69) is 26.1 Å². The first-order chi connectivity index (χ1) is 8.58. The summed E-state index contributed by atoms with van der Waals surface area (Å²) in [5, 5.41) is 8.37. The zero-order valence-corrected chi connectivity index (χ0v) is 11.6. The second-order valence-electron chi connectivity index (χ2n) is 3.44. The van der Waals surface area contributed by atoms with Gasteiger partial charge in [-0.3, -0.25) is 4.79 Å². The van der Waals surface area contributed by atoms with Crippen molar-refractivity contribution in [3.8, 4) is 11.4 Å². The van der Waals surface area contributed by atoms with Gasteiger partial charge in [0.15, 0.2) is 5.82 Å². The molecule has 1 aromatic carbocycles. The van der Waals surface area contributed by atoms with Crippen molar-refractivity contribution in [1.82, 2.24) is 14.9 Å². The molecule has 1 heterocycles. The maximum atomic E-state index is 10.7. The molecule has 1 aromatic heterocycles. The van der Waals surface area contributed by atoms with Crippen LogP contribution in [-0.2, 0) is 4.79 Å². The highest BCUT2D eigenvalue weighted by Crippen LogP contribution is 2.23. The van der Waals surface area contributed by atoms with E-state index in [1.165, 1.54) is 4.68 Å². The Kier molecular flexibility index (Phi) is 3.87. The first kappa shape index (κ1) is 12.9. The van der Waals surface area contributed by atoms with Crippen molar-refractivity contribution in [2.24, 2.45) is 5.73 Å². The number of hydrogen-bond acceptors (Lipinski definition) is 5. The third-order valence-corrected chi connectivity index (χ3v) is 3.55.